The Balaban J connectivity index is 2.59. The summed E-state index contributed by atoms with van der Waals surface area (Å²) >= 11 is 1.70. The van der Waals surface area contributed by atoms with E-state index in [0.717, 1.165) is 11.4 Å². The topological polar surface area (TPSA) is 47.9 Å². The molecular weight excluding hydrogens is 182 g/mol. The van der Waals surface area contributed by atoms with Crippen molar-refractivity contribution < 1.29 is 0 Å². The summed E-state index contributed by atoms with van der Waals surface area (Å²) in [5.74, 6) is 0. The van der Waals surface area contributed by atoms with Gasteiger partial charge in [0.25, 0.3) is 0 Å². The molecule has 0 spiro atoms. The number of anilines is 1. The summed E-state index contributed by atoms with van der Waals surface area (Å²) in [5.41, 5.74) is 1.82. The summed E-state index contributed by atoms with van der Waals surface area (Å²) in [6, 6.07) is 2.07. The third-order valence-electron chi connectivity index (χ3n) is 1.57. The number of aryl methyl sites for hydroxylation is 1. The molecule has 3 nitrogen and oxygen atoms in total. The Kier molecular flexibility index (Phi) is 3.52. The second kappa shape index (κ2) is 4.67. The number of hydrogen-bond donors (Lipinski definition) is 3. The fourth-order valence-corrected chi connectivity index (χ4v) is 1.51. The van der Waals surface area contributed by atoms with Gasteiger partial charge in [0.05, 0.1) is 5.70 Å². The van der Waals surface area contributed by atoms with E-state index in [1.165, 1.54) is 11.1 Å². The first-order chi connectivity index (χ1) is 6.26. The summed E-state index contributed by atoms with van der Waals surface area (Å²) in [7, 11) is 1.79. The van der Waals surface area contributed by atoms with Gasteiger partial charge in [-0.25, -0.2) is 0 Å². The van der Waals surface area contributed by atoms with Crippen molar-refractivity contribution in [2.75, 3.05) is 12.4 Å². The van der Waals surface area contributed by atoms with Gasteiger partial charge in [-0.3, -0.25) is 0 Å². The molecule has 0 aliphatic carbocycles. The molecule has 1 heterocycles. The minimum atomic E-state index is 0.754. The molecule has 13 heavy (non-hydrogen) atoms. The van der Waals surface area contributed by atoms with Crippen LogP contribution in [0.25, 0.3) is 0 Å². The van der Waals surface area contributed by atoms with E-state index in [4.69, 9.17) is 5.41 Å². The number of thiophene rings is 1. The highest BCUT2D eigenvalue weighted by atomic mass is 32.1. The van der Waals surface area contributed by atoms with Crippen molar-refractivity contribution in [3.05, 3.63) is 28.2 Å². The lowest BCUT2D eigenvalue weighted by molar-refractivity contribution is 1.05. The lowest BCUT2D eigenvalue weighted by Crippen LogP contribution is -2.08. The molecular formula is C9H13N3S. The fraction of sp³-hybridized carbons (Fsp3) is 0.222. The molecule has 0 radical (unpaired) electrons. The molecule has 0 aromatic carbocycles. The molecule has 0 fully saturated rings. The van der Waals surface area contributed by atoms with Gasteiger partial charge >= 0.3 is 0 Å². The van der Waals surface area contributed by atoms with E-state index in [-0.39, 0.29) is 0 Å². The first kappa shape index (κ1) is 9.80. The second-order valence-corrected chi connectivity index (χ2v) is 3.70. The van der Waals surface area contributed by atoms with Crippen LogP contribution in [-0.4, -0.2) is 13.3 Å². The highest BCUT2D eigenvalue weighted by Crippen LogP contribution is 2.17. The average Bonchev–Trinajstić information content (AvgIpc) is 2.53. The zero-order valence-electron chi connectivity index (χ0n) is 7.72. The largest absolute Gasteiger partial charge is 0.386 e. The van der Waals surface area contributed by atoms with E-state index in [2.05, 4.69) is 23.6 Å². The van der Waals surface area contributed by atoms with Crippen LogP contribution in [0.2, 0.25) is 0 Å². The maximum atomic E-state index is 7.04. The van der Waals surface area contributed by atoms with E-state index in [1.54, 1.807) is 24.6 Å². The van der Waals surface area contributed by atoms with Crippen molar-refractivity contribution in [1.82, 2.24) is 5.32 Å². The summed E-state index contributed by atoms with van der Waals surface area (Å²) in [5, 5.41) is 15.1. The van der Waals surface area contributed by atoms with Gasteiger partial charge in [-0.1, -0.05) is 0 Å². The van der Waals surface area contributed by atoms with Crippen LogP contribution in [-0.2, 0) is 0 Å². The standard InChI is InChI=1S/C9H13N3S/c1-7-3-8(6-13-7)12-5-9(4-10)11-2/h3-6,10-12H,1-2H3/b9-5+,10-4?. The predicted molar refractivity (Wildman–Crippen MR) is 58.6 cm³/mol. The van der Waals surface area contributed by atoms with Crippen LogP contribution in [0.15, 0.2) is 23.3 Å². The molecule has 0 atom stereocenters. The Morgan fingerprint density at radius 1 is 1.62 bits per heavy atom. The number of allylic oxidation sites excluding steroid dienone is 1. The molecule has 1 rings (SSSR count). The molecule has 0 aliphatic heterocycles. The Bertz CT molecular complexity index is 314. The smallest absolute Gasteiger partial charge is 0.0679 e. The van der Waals surface area contributed by atoms with Crippen molar-refractivity contribution in [1.29, 1.82) is 5.41 Å². The molecule has 0 saturated carbocycles. The van der Waals surface area contributed by atoms with Crippen LogP contribution in [0, 0.1) is 12.3 Å². The Morgan fingerprint density at radius 3 is 2.85 bits per heavy atom. The van der Waals surface area contributed by atoms with Crippen LogP contribution >= 0.6 is 11.3 Å². The normalized spacial score (nSPS) is 11.1. The molecule has 0 unspecified atom stereocenters. The first-order valence-corrected chi connectivity index (χ1v) is 4.84. The van der Waals surface area contributed by atoms with Gasteiger partial charge in [-0.05, 0) is 13.0 Å². The molecule has 0 aliphatic rings. The fourth-order valence-electron chi connectivity index (χ4n) is 0.866. The molecule has 1 aromatic rings. The quantitative estimate of drug-likeness (QED) is 0.645. The van der Waals surface area contributed by atoms with Crippen LogP contribution in [0.3, 0.4) is 0 Å². The third kappa shape index (κ3) is 2.91. The van der Waals surface area contributed by atoms with Gasteiger partial charge in [-0.15, -0.1) is 11.3 Å². The molecule has 3 N–H and O–H groups in total. The van der Waals surface area contributed by atoms with Crippen LogP contribution in [0.4, 0.5) is 5.69 Å². The van der Waals surface area contributed by atoms with Crippen molar-refractivity contribution in [3.8, 4) is 0 Å². The lowest BCUT2D eigenvalue weighted by atomic mass is 10.4. The van der Waals surface area contributed by atoms with Crippen LogP contribution < -0.4 is 10.6 Å². The van der Waals surface area contributed by atoms with Crippen molar-refractivity contribution in [2.24, 2.45) is 0 Å². The second-order valence-electron chi connectivity index (χ2n) is 2.58. The SMILES string of the molecule is CN/C(C=N)=C/Nc1csc(C)c1. The van der Waals surface area contributed by atoms with E-state index < -0.39 is 0 Å². The monoisotopic (exact) mass is 195 g/mol. The molecule has 1 aromatic heterocycles. The number of rotatable bonds is 4. The van der Waals surface area contributed by atoms with Gasteiger partial charge in [0.1, 0.15) is 0 Å². The zero-order chi connectivity index (χ0) is 9.68. The Labute approximate surface area is 82.0 Å². The van der Waals surface area contributed by atoms with Gasteiger partial charge in [0.2, 0.25) is 0 Å². The molecule has 70 valence electrons. The van der Waals surface area contributed by atoms with Gasteiger partial charge in [-0.2, -0.15) is 0 Å². The summed E-state index contributed by atoms with van der Waals surface area (Å²) in [6.07, 6.45) is 3.04. The van der Waals surface area contributed by atoms with E-state index >= 15 is 0 Å². The highest BCUT2D eigenvalue weighted by molar-refractivity contribution is 7.10. The predicted octanol–water partition coefficient (Wildman–Crippen LogP) is 2.18. The minimum Gasteiger partial charge on any atom is -0.386 e. The maximum Gasteiger partial charge on any atom is 0.0679 e. The molecule has 0 saturated heterocycles. The highest BCUT2D eigenvalue weighted by Gasteiger charge is 1.92. The van der Waals surface area contributed by atoms with Crippen molar-refractivity contribution in [2.45, 2.75) is 6.92 Å². The number of nitrogens with one attached hydrogen (secondary N) is 3. The third-order valence-corrected chi connectivity index (χ3v) is 2.43. The number of hydrogen-bond acceptors (Lipinski definition) is 4. The maximum absolute atomic E-state index is 7.04. The molecule has 4 heteroatoms. The summed E-state index contributed by atoms with van der Waals surface area (Å²) in [4.78, 5) is 1.27. The van der Waals surface area contributed by atoms with Gasteiger partial charge in [0, 0.05) is 35.4 Å². The van der Waals surface area contributed by atoms with Crippen molar-refractivity contribution >= 4 is 23.2 Å². The van der Waals surface area contributed by atoms with Crippen LogP contribution in [0.1, 0.15) is 4.88 Å². The first-order valence-electron chi connectivity index (χ1n) is 3.96. The average molecular weight is 195 g/mol. The zero-order valence-corrected chi connectivity index (χ0v) is 8.53. The molecule has 0 bridgehead atoms. The Hall–Kier alpha value is -1.29. The van der Waals surface area contributed by atoms with Gasteiger partial charge in [0.15, 0.2) is 0 Å². The molecule has 0 amide bonds. The van der Waals surface area contributed by atoms with E-state index in [0.29, 0.717) is 0 Å². The van der Waals surface area contributed by atoms with Crippen LogP contribution in [0.5, 0.6) is 0 Å². The lowest BCUT2D eigenvalue weighted by Gasteiger charge is -2.00. The Morgan fingerprint density at radius 2 is 2.38 bits per heavy atom. The van der Waals surface area contributed by atoms with Gasteiger partial charge < -0.3 is 16.0 Å². The minimum absolute atomic E-state index is 0.754. The summed E-state index contributed by atoms with van der Waals surface area (Å²) in [6.45, 7) is 2.06. The van der Waals surface area contributed by atoms with E-state index in [9.17, 15) is 0 Å². The van der Waals surface area contributed by atoms with Crippen molar-refractivity contribution in [3.63, 3.8) is 0 Å². The van der Waals surface area contributed by atoms with E-state index in [1.807, 2.05) is 5.38 Å². The summed E-state index contributed by atoms with van der Waals surface area (Å²) < 4.78 is 0.